The van der Waals surface area contributed by atoms with Gasteiger partial charge < -0.3 is 5.32 Å². The van der Waals surface area contributed by atoms with Crippen LogP contribution in [0.1, 0.15) is 43.2 Å². The summed E-state index contributed by atoms with van der Waals surface area (Å²) in [6.07, 6.45) is 6.61. The lowest BCUT2D eigenvalue weighted by atomic mass is 10.0. The van der Waals surface area contributed by atoms with Crippen molar-refractivity contribution in [2.45, 2.75) is 50.7 Å². The molecule has 1 saturated carbocycles. The van der Waals surface area contributed by atoms with Gasteiger partial charge in [-0.2, -0.15) is 5.26 Å². The minimum atomic E-state index is 0.638. The van der Waals surface area contributed by atoms with Gasteiger partial charge in [-0.15, -0.1) is 0 Å². The third-order valence-corrected chi connectivity index (χ3v) is 4.44. The van der Waals surface area contributed by atoms with Crippen LogP contribution in [0.4, 0.5) is 0 Å². The number of nitrogens with zero attached hydrogens (tertiary/aromatic N) is 2. The van der Waals surface area contributed by atoms with Gasteiger partial charge >= 0.3 is 0 Å². The Morgan fingerprint density at radius 3 is 2.75 bits per heavy atom. The van der Waals surface area contributed by atoms with Gasteiger partial charge in [-0.25, -0.2) is 0 Å². The molecule has 0 radical (unpaired) electrons. The zero-order chi connectivity index (χ0) is 13.8. The van der Waals surface area contributed by atoms with Gasteiger partial charge in [0.2, 0.25) is 0 Å². The summed E-state index contributed by atoms with van der Waals surface area (Å²) in [4.78, 5) is 2.58. The molecule has 0 bridgehead atoms. The highest BCUT2D eigenvalue weighted by Gasteiger charge is 2.31. The third-order valence-electron chi connectivity index (χ3n) is 4.44. The van der Waals surface area contributed by atoms with Crippen molar-refractivity contribution in [2.24, 2.45) is 0 Å². The Bertz CT molecular complexity index is 481. The van der Waals surface area contributed by atoms with Crippen LogP contribution in [0.3, 0.4) is 0 Å². The second-order valence-electron chi connectivity index (χ2n) is 6.08. The van der Waals surface area contributed by atoms with Crippen LogP contribution in [0, 0.1) is 11.3 Å². The quantitative estimate of drug-likeness (QED) is 0.893. The van der Waals surface area contributed by atoms with E-state index in [1.807, 2.05) is 18.2 Å². The number of nitrogens with one attached hydrogen (secondary N) is 1. The molecule has 1 aromatic rings. The van der Waals surface area contributed by atoms with E-state index in [1.165, 1.54) is 37.7 Å². The molecule has 2 aliphatic rings. The summed E-state index contributed by atoms with van der Waals surface area (Å²) in [6, 6.07) is 11.7. The molecule has 3 rings (SSSR count). The van der Waals surface area contributed by atoms with E-state index in [0.29, 0.717) is 6.04 Å². The Balaban J connectivity index is 1.66. The van der Waals surface area contributed by atoms with Gasteiger partial charge in [0, 0.05) is 25.2 Å². The smallest absolute Gasteiger partial charge is 0.0995 e. The Labute approximate surface area is 121 Å². The van der Waals surface area contributed by atoms with Gasteiger partial charge in [0.1, 0.15) is 0 Å². The Hall–Kier alpha value is -1.37. The molecule has 1 N–H and O–H groups in total. The van der Waals surface area contributed by atoms with Gasteiger partial charge in [0.25, 0.3) is 0 Å². The molecule has 0 spiro atoms. The molecule has 1 heterocycles. The van der Waals surface area contributed by atoms with Crippen molar-refractivity contribution in [3.05, 3.63) is 35.4 Å². The molecule has 2 fully saturated rings. The lowest BCUT2D eigenvalue weighted by molar-refractivity contribution is 0.208. The van der Waals surface area contributed by atoms with E-state index in [1.54, 1.807) is 0 Å². The predicted octanol–water partition coefficient (Wildman–Crippen LogP) is 2.66. The van der Waals surface area contributed by atoms with Crippen LogP contribution in [-0.2, 0) is 6.54 Å². The second-order valence-corrected chi connectivity index (χ2v) is 6.08. The molecular formula is C17H23N3. The summed E-state index contributed by atoms with van der Waals surface area (Å²) in [5.41, 5.74) is 2.01. The van der Waals surface area contributed by atoms with E-state index in [0.717, 1.165) is 31.2 Å². The molecule has 1 unspecified atom stereocenters. The molecule has 0 aromatic heterocycles. The second kappa shape index (κ2) is 6.39. The minimum absolute atomic E-state index is 0.638. The van der Waals surface area contributed by atoms with Crippen molar-refractivity contribution < 1.29 is 0 Å². The summed E-state index contributed by atoms with van der Waals surface area (Å²) in [6.45, 7) is 3.22. The van der Waals surface area contributed by atoms with Crippen molar-refractivity contribution in [2.75, 3.05) is 13.1 Å². The van der Waals surface area contributed by atoms with Gasteiger partial charge in [-0.05, 0) is 43.9 Å². The largest absolute Gasteiger partial charge is 0.313 e. The van der Waals surface area contributed by atoms with Crippen LogP contribution in [0.2, 0.25) is 0 Å². The summed E-state index contributed by atoms with van der Waals surface area (Å²) < 4.78 is 0. The molecule has 3 nitrogen and oxygen atoms in total. The van der Waals surface area contributed by atoms with Crippen molar-refractivity contribution in [1.29, 1.82) is 5.26 Å². The van der Waals surface area contributed by atoms with Gasteiger partial charge in [-0.1, -0.05) is 24.6 Å². The number of rotatable bonds is 5. The monoisotopic (exact) mass is 269 g/mol. The van der Waals surface area contributed by atoms with Gasteiger partial charge in [0.05, 0.1) is 11.6 Å². The van der Waals surface area contributed by atoms with Crippen LogP contribution < -0.4 is 5.32 Å². The first-order valence-electron chi connectivity index (χ1n) is 7.82. The van der Waals surface area contributed by atoms with E-state index >= 15 is 0 Å². The molecular weight excluding hydrogens is 246 g/mol. The summed E-state index contributed by atoms with van der Waals surface area (Å²) >= 11 is 0. The zero-order valence-corrected chi connectivity index (χ0v) is 12.0. The lowest BCUT2D eigenvalue weighted by Gasteiger charge is -2.31. The predicted molar refractivity (Wildman–Crippen MR) is 80.2 cm³/mol. The fourth-order valence-corrected chi connectivity index (χ4v) is 3.13. The lowest BCUT2D eigenvalue weighted by Crippen LogP contribution is -2.44. The van der Waals surface area contributed by atoms with Crippen LogP contribution in [0.15, 0.2) is 24.3 Å². The van der Waals surface area contributed by atoms with E-state index in [-0.39, 0.29) is 0 Å². The molecule has 1 aliphatic carbocycles. The highest BCUT2D eigenvalue weighted by atomic mass is 15.2. The minimum Gasteiger partial charge on any atom is -0.313 e. The highest BCUT2D eigenvalue weighted by Crippen LogP contribution is 2.29. The number of hydrogen-bond donors (Lipinski definition) is 1. The summed E-state index contributed by atoms with van der Waals surface area (Å²) in [5, 5.41) is 12.9. The Kier molecular flexibility index (Phi) is 4.34. The first kappa shape index (κ1) is 13.6. The zero-order valence-electron chi connectivity index (χ0n) is 12.0. The Morgan fingerprint density at radius 1 is 1.20 bits per heavy atom. The van der Waals surface area contributed by atoms with Crippen LogP contribution in [0.5, 0.6) is 0 Å². The molecule has 1 atom stereocenters. The average Bonchev–Trinajstić information content (AvgIpc) is 3.33. The third kappa shape index (κ3) is 3.39. The van der Waals surface area contributed by atoms with Crippen LogP contribution in [0.25, 0.3) is 0 Å². The van der Waals surface area contributed by atoms with Gasteiger partial charge in [-0.3, -0.25) is 4.90 Å². The summed E-state index contributed by atoms with van der Waals surface area (Å²) in [7, 11) is 0. The van der Waals surface area contributed by atoms with Crippen molar-refractivity contribution in [3.63, 3.8) is 0 Å². The van der Waals surface area contributed by atoms with E-state index in [9.17, 15) is 5.26 Å². The fraction of sp³-hybridized carbons (Fsp3) is 0.588. The van der Waals surface area contributed by atoms with E-state index < -0.39 is 0 Å². The van der Waals surface area contributed by atoms with Crippen LogP contribution in [-0.4, -0.2) is 30.1 Å². The van der Waals surface area contributed by atoms with Crippen LogP contribution >= 0.6 is 0 Å². The normalized spacial score (nSPS) is 22.7. The van der Waals surface area contributed by atoms with Crippen molar-refractivity contribution >= 4 is 0 Å². The van der Waals surface area contributed by atoms with E-state index in [2.05, 4.69) is 22.4 Å². The number of nitriles is 1. The maximum absolute atomic E-state index is 9.23. The molecule has 106 valence electrons. The average molecular weight is 269 g/mol. The van der Waals surface area contributed by atoms with Crippen molar-refractivity contribution in [3.8, 4) is 6.07 Å². The maximum atomic E-state index is 9.23. The van der Waals surface area contributed by atoms with Gasteiger partial charge in [0.15, 0.2) is 0 Å². The topological polar surface area (TPSA) is 39.1 Å². The SMILES string of the molecule is N#Cc1ccccc1CN(CC1CCCCN1)C1CC1. The molecule has 20 heavy (non-hydrogen) atoms. The molecule has 1 aromatic carbocycles. The Morgan fingerprint density at radius 2 is 2.05 bits per heavy atom. The molecule has 0 amide bonds. The first-order valence-corrected chi connectivity index (χ1v) is 7.82. The fourth-order valence-electron chi connectivity index (χ4n) is 3.13. The first-order chi connectivity index (χ1) is 9.86. The van der Waals surface area contributed by atoms with E-state index in [4.69, 9.17) is 0 Å². The number of piperidine rings is 1. The summed E-state index contributed by atoms with van der Waals surface area (Å²) in [5.74, 6) is 0. The standard InChI is InChI=1S/C17H23N3/c18-11-14-5-1-2-6-15(14)12-20(17-8-9-17)13-16-7-3-4-10-19-16/h1-2,5-6,16-17,19H,3-4,7-10,12-13H2. The number of benzene rings is 1. The highest BCUT2D eigenvalue weighted by molar-refractivity contribution is 5.37. The molecule has 3 heteroatoms. The maximum Gasteiger partial charge on any atom is 0.0995 e. The molecule has 1 aliphatic heterocycles. The number of hydrogen-bond acceptors (Lipinski definition) is 3. The van der Waals surface area contributed by atoms with Crippen molar-refractivity contribution in [1.82, 2.24) is 10.2 Å². The molecule has 1 saturated heterocycles.